The van der Waals surface area contributed by atoms with Gasteiger partial charge in [-0.05, 0) is 12.1 Å². The molecule has 2 rings (SSSR count). The van der Waals surface area contributed by atoms with Crippen LogP contribution in [-0.4, -0.2) is 24.2 Å². The number of benzene rings is 1. The molecule has 0 amide bonds. The fourth-order valence-corrected chi connectivity index (χ4v) is 1.51. The molecule has 0 aliphatic rings. The Morgan fingerprint density at radius 3 is 2.63 bits per heavy atom. The third kappa shape index (κ3) is 2.97. The Kier molecular flexibility index (Phi) is 3.91. The van der Waals surface area contributed by atoms with E-state index in [1.807, 2.05) is 0 Å². The number of nitrogens with zero attached hydrogens (tertiary/aromatic N) is 2. The first kappa shape index (κ1) is 13.2. The van der Waals surface area contributed by atoms with E-state index in [4.69, 9.17) is 31.5 Å². The summed E-state index contributed by atoms with van der Waals surface area (Å²) >= 11 is 5.96. The smallest absolute Gasteiger partial charge is 0.319 e. The Morgan fingerprint density at radius 2 is 1.95 bits per heavy atom. The van der Waals surface area contributed by atoms with Gasteiger partial charge in [0.05, 0.1) is 20.4 Å². The van der Waals surface area contributed by atoms with Crippen molar-refractivity contribution in [3.8, 4) is 23.4 Å². The molecule has 19 heavy (non-hydrogen) atoms. The molecule has 7 heteroatoms. The molecule has 0 aliphatic carbocycles. The predicted molar refractivity (Wildman–Crippen MR) is 71.1 cm³/mol. The van der Waals surface area contributed by atoms with Gasteiger partial charge in [-0.15, -0.1) is 0 Å². The SMILES string of the molecule is COc1ncc(Cl)c(Oc2cc(N)ccc2OC)n1. The third-order valence-electron chi connectivity index (χ3n) is 2.27. The van der Waals surface area contributed by atoms with Gasteiger partial charge in [0.15, 0.2) is 11.5 Å². The van der Waals surface area contributed by atoms with E-state index in [9.17, 15) is 0 Å². The van der Waals surface area contributed by atoms with Crippen molar-refractivity contribution >= 4 is 17.3 Å². The number of nitrogens with two attached hydrogens (primary N) is 1. The summed E-state index contributed by atoms with van der Waals surface area (Å²) in [5.74, 6) is 1.09. The molecule has 0 aliphatic heterocycles. The van der Waals surface area contributed by atoms with Gasteiger partial charge in [-0.1, -0.05) is 11.6 Å². The van der Waals surface area contributed by atoms with Crippen molar-refractivity contribution in [2.45, 2.75) is 0 Å². The van der Waals surface area contributed by atoms with Crippen molar-refractivity contribution < 1.29 is 14.2 Å². The maximum atomic E-state index is 5.96. The van der Waals surface area contributed by atoms with Gasteiger partial charge in [-0.3, -0.25) is 0 Å². The van der Waals surface area contributed by atoms with E-state index in [0.29, 0.717) is 17.2 Å². The molecule has 0 saturated heterocycles. The first-order chi connectivity index (χ1) is 9.13. The van der Waals surface area contributed by atoms with Crippen LogP contribution in [0.1, 0.15) is 0 Å². The van der Waals surface area contributed by atoms with Gasteiger partial charge in [0.2, 0.25) is 5.88 Å². The predicted octanol–water partition coefficient (Wildman–Crippen LogP) is 2.52. The van der Waals surface area contributed by atoms with Crippen molar-refractivity contribution in [2.24, 2.45) is 0 Å². The van der Waals surface area contributed by atoms with Crippen LogP contribution < -0.4 is 19.9 Å². The number of rotatable bonds is 4. The summed E-state index contributed by atoms with van der Waals surface area (Å²) in [4.78, 5) is 7.87. The van der Waals surface area contributed by atoms with E-state index >= 15 is 0 Å². The maximum absolute atomic E-state index is 5.96. The molecule has 0 spiro atoms. The highest BCUT2D eigenvalue weighted by Crippen LogP contribution is 2.35. The summed E-state index contributed by atoms with van der Waals surface area (Å²) in [5.41, 5.74) is 6.24. The first-order valence-electron chi connectivity index (χ1n) is 5.32. The lowest BCUT2D eigenvalue weighted by Gasteiger charge is -2.11. The molecule has 1 heterocycles. The molecule has 0 fully saturated rings. The van der Waals surface area contributed by atoms with Gasteiger partial charge in [0.25, 0.3) is 0 Å². The summed E-state index contributed by atoms with van der Waals surface area (Å²) in [6, 6.07) is 5.16. The van der Waals surface area contributed by atoms with Crippen LogP contribution in [0, 0.1) is 0 Å². The highest BCUT2D eigenvalue weighted by molar-refractivity contribution is 6.31. The zero-order chi connectivity index (χ0) is 13.8. The molecular formula is C12H12ClN3O3. The molecule has 2 aromatic rings. The van der Waals surface area contributed by atoms with E-state index in [1.165, 1.54) is 20.4 Å². The first-order valence-corrected chi connectivity index (χ1v) is 5.69. The van der Waals surface area contributed by atoms with Crippen LogP contribution >= 0.6 is 11.6 Å². The summed E-state index contributed by atoms with van der Waals surface area (Å²) < 4.78 is 15.7. The van der Waals surface area contributed by atoms with E-state index in [-0.39, 0.29) is 16.9 Å². The Balaban J connectivity index is 2.37. The Labute approximate surface area is 115 Å². The quantitative estimate of drug-likeness (QED) is 0.868. The Morgan fingerprint density at radius 1 is 1.16 bits per heavy atom. The van der Waals surface area contributed by atoms with Gasteiger partial charge in [0, 0.05) is 11.8 Å². The minimum absolute atomic E-state index is 0.155. The maximum Gasteiger partial charge on any atom is 0.319 e. The van der Waals surface area contributed by atoms with Crippen LogP contribution in [0.4, 0.5) is 5.69 Å². The highest BCUT2D eigenvalue weighted by atomic mass is 35.5. The summed E-state index contributed by atoms with van der Waals surface area (Å²) in [5, 5.41) is 0.255. The van der Waals surface area contributed by atoms with Crippen LogP contribution in [0.5, 0.6) is 23.4 Å². The molecule has 1 aromatic heterocycles. The largest absolute Gasteiger partial charge is 0.493 e. The van der Waals surface area contributed by atoms with Gasteiger partial charge in [-0.25, -0.2) is 4.98 Å². The second kappa shape index (κ2) is 5.62. The van der Waals surface area contributed by atoms with Crippen LogP contribution in [-0.2, 0) is 0 Å². The van der Waals surface area contributed by atoms with E-state index in [0.717, 1.165) is 0 Å². The van der Waals surface area contributed by atoms with E-state index in [2.05, 4.69) is 9.97 Å². The average molecular weight is 282 g/mol. The van der Waals surface area contributed by atoms with Gasteiger partial charge >= 0.3 is 6.01 Å². The fraction of sp³-hybridized carbons (Fsp3) is 0.167. The molecule has 0 bridgehead atoms. The number of hydrogen-bond donors (Lipinski definition) is 1. The third-order valence-corrected chi connectivity index (χ3v) is 2.53. The Hall–Kier alpha value is -2.21. The topological polar surface area (TPSA) is 79.5 Å². The Bertz CT molecular complexity index is 592. The number of methoxy groups -OCH3 is 2. The van der Waals surface area contributed by atoms with Crippen molar-refractivity contribution in [3.63, 3.8) is 0 Å². The van der Waals surface area contributed by atoms with E-state index < -0.39 is 0 Å². The van der Waals surface area contributed by atoms with Crippen LogP contribution in [0.25, 0.3) is 0 Å². The van der Waals surface area contributed by atoms with E-state index in [1.54, 1.807) is 18.2 Å². The zero-order valence-electron chi connectivity index (χ0n) is 10.4. The average Bonchev–Trinajstić information content (AvgIpc) is 2.41. The second-order valence-corrected chi connectivity index (χ2v) is 3.93. The molecule has 6 nitrogen and oxygen atoms in total. The summed E-state index contributed by atoms with van der Waals surface area (Å²) in [7, 11) is 2.98. The highest BCUT2D eigenvalue weighted by Gasteiger charge is 2.12. The van der Waals surface area contributed by atoms with Crippen molar-refractivity contribution in [2.75, 3.05) is 20.0 Å². The molecular weight excluding hydrogens is 270 g/mol. The minimum atomic E-state index is 0.155. The number of hydrogen-bond acceptors (Lipinski definition) is 6. The summed E-state index contributed by atoms with van der Waals surface area (Å²) in [6.07, 6.45) is 1.39. The number of ether oxygens (including phenoxy) is 3. The molecule has 0 atom stereocenters. The zero-order valence-corrected chi connectivity index (χ0v) is 11.1. The summed E-state index contributed by atoms with van der Waals surface area (Å²) in [6.45, 7) is 0. The van der Waals surface area contributed by atoms with Crippen molar-refractivity contribution in [1.29, 1.82) is 0 Å². The van der Waals surface area contributed by atoms with Gasteiger partial charge in [0.1, 0.15) is 5.02 Å². The van der Waals surface area contributed by atoms with Gasteiger partial charge in [-0.2, -0.15) is 4.98 Å². The molecule has 0 unspecified atom stereocenters. The van der Waals surface area contributed by atoms with Crippen LogP contribution in [0.3, 0.4) is 0 Å². The van der Waals surface area contributed by atoms with Crippen LogP contribution in [0.2, 0.25) is 5.02 Å². The van der Waals surface area contributed by atoms with Gasteiger partial charge < -0.3 is 19.9 Å². The number of anilines is 1. The van der Waals surface area contributed by atoms with Crippen molar-refractivity contribution in [1.82, 2.24) is 9.97 Å². The molecule has 2 N–H and O–H groups in total. The molecule has 0 radical (unpaired) electrons. The normalized spacial score (nSPS) is 10.1. The lowest BCUT2D eigenvalue weighted by Crippen LogP contribution is -1.97. The second-order valence-electron chi connectivity index (χ2n) is 3.52. The molecule has 1 aromatic carbocycles. The lowest BCUT2D eigenvalue weighted by atomic mass is 10.3. The minimum Gasteiger partial charge on any atom is -0.493 e. The monoisotopic (exact) mass is 281 g/mol. The number of aromatic nitrogens is 2. The molecule has 100 valence electrons. The van der Waals surface area contributed by atoms with Crippen molar-refractivity contribution in [3.05, 3.63) is 29.4 Å². The fourth-order valence-electron chi connectivity index (χ4n) is 1.38. The molecule has 0 saturated carbocycles. The number of nitrogen functional groups attached to an aromatic ring is 1. The standard InChI is InChI=1S/C12H12ClN3O3/c1-17-9-4-3-7(14)5-10(9)19-11-8(13)6-15-12(16-11)18-2/h3-6H,14H2,1-2H3. The lowest BCUT2D eigenvalue weighted by molar-refractivity contribution is 0.354. The van der Waals surface area contributed by atoms with Crippen LogP contribution in [0.15, 0.2) is 24.4 Å². The number of halogens is 1.